The molecule has 0 spiro atoms. The number of nitrogens with zero attached hydrogens (tertiary/aromatic N) is 2. The van der Waals surface area contributed by atoms with Crippen molar-refractivity contribution in [1.82, 2.24) is 4.98 Å². The number of pyridine rings is 1. The first-order valence-electron chi connectivity index (χ1n) is 9.46. The van der Waals surface area contributed by atoms with Gasteiger partial charge in [-0.05, 0) is 48.9 Å². The van der Waals surface area contributed by atoms with Crippen LogP contribution in [0.4, 0.5) is 4.39 Å². The Morgan fingerprint density at radius 2 is 1.81 bits per heavy atom. The molecule has 0 saturated heterocycles. The average molecular weight is 431 g/mol. The number of allylic oxidation sites excluding steroid dienone is 2. The molecule has 3 aromatic rings. The zero-order chi connectivity index (χ0) is 22.0. The van der Waals surface area contributed by atoms with Gasteiger partial charge in [0.15, 0.2) is 5.76 Å². The van der Waals surface area contributed by atoms with Crippen LogP contribution in [-0.4, -0.2) is 9.19 Å². The van der Waals surface area contributed by atoms with E-state index in [0.29, 0.717) is 21.1 Å². The Morgan fingerprint density at radius 1 is 1.10 bits per heavy atom. The summed E-state index contributed by atoms with van der Waals surface area (Å²) in [5.74, 6) is -1.06. The van der Waals surface area contributed by atoms with E-state index in [0.717, 1.165) is 5.56 Å². The van der Waals surface area contributed by atoms with Gasteiger partial charge < -0.3 is 10.5 Å². The fourth-order valence-electron chi connectivity index (χ4n) is 3.37. The number of nitrogens with two attached hydrogens (primary N) is 1. The second kappa shape index (κ2) is 8.54. The molecule has 0 bridgehead atoms. The van der Waals surface area contributed by atoms with E-state index in [-0.39, 0.29) is 17.2 Å². The maximum absolute atomic E-state index is 13.8. The molecule has 2 unspecified atom stereocenters. The summed E-state index contributed by atoms with van der Waals surface area (Å²) in [4.78, 5) is 5.21. The summed E-state index contributed by atoms with van der Waals surface area (Å²) < 4.78 is 33.2. The average Bonchev–Trinajstić information content (AvgIpc) is 2.79. The van der Waals surface area contributed by atoms with Crippen molar-refractivity contribution >= 4 is 16.6 Å². The van der Waals surface area contributed by atoms with Crippen LogP contribution in [0, 0.1) is 24.1 Å². The van der Waals surface area contributed by atoms with Gasteiger partial charge in [-0.3, -0.25) is 4.98 Å². The molecule has 4 rings (SSSR count). The molecule has 2 heterocycles. The molecule has 1 aromatic heterocycles. The lowest BCUT2D eigenvalue weighted by Gasteiger charge is -2.28. The third-order valence-corrected chi connectivity index (χ3v) is 6.43. The first-order valence-corrected chi connectivity index (χ1v) is 10.6. The predicted octanol–water partition coefficient (Wildman–Crippen LogP) is 4.51. The molecule has 0 amide bonds. The minimum absolute atomic E-state index is 0.0952. The molecule has 0 saturated carbocycles. The highest BCUT2D eigenvalue weighted by Gasteiger charge is 2.37. The monoisotopic (exact) mass is 431 g/mol. The fraction of sp³-hybridized carbons (Fsp3) is 0.0833. The molecule has 7 heteroatoms. The molecule has 2 aromatic carbocycles. The number of nitriles is 1. The van der Waals surface area contributed by atoms with Gasteiger partial charge in [-0.25, -0.2) is 8.60 Å². The third-order valence-electron chi connectivity index (χ3n) is 4.91. The first kappa shape index (κ1) is 20.5. The SMILES string of the molecule is Cc1ccc(S(=O)C2=C(c3ccccn3)OC(N)=C(C#N)C2c2ccc(F)cc2)cc1. The summed E-state index contributed by atoms with van der Waals surface area (Å²) in [5, 5.41) is 9.83. The summed E-state index contributed by atoms with van der Waals surface area (Å²) in [5.41, 5.74) is 8.25. The summed E-state index contributed by atoms with van der Waals surface area (Å²) >= 11 is 0. The Hall–Kier alpha value is -3.76. The maximum Gasteiger partial charge on any atom is 0.205 e. The van der Waals surface area contributed by atoms with Gasteiger partial charge in [-0.2, -0.15) is 5.26 Å². The second-order valence-electron chi connectivity index (χ2n) is 6.97. The fourth-order valence-corrected chi connectivity index (χ4v) is 4.79. The highest BCUT2D eigenvalue weighted by atomic mass is 32.2. The van der Waals surface area contributed by atoms with Crippen LogP contribution in [0.25, 0.3) is 5.76 Å². The maximum atomic E-state index is 13.8. The normalized spacial score (nSPS) is 17.1. The highest BCUT2D eigenvalue weighted by Crippen LogP contribution is 2.44. The summed E-state index contributed by atoms with van der Waals surface area (Å²) in [6.07, 6.45) is 1.59. The van der Waals surface area contributed by atoms with Gasteiger partial charge in [0.05, 0.1) is 21.6 Å². The van der Waals surface area contributed by atoms with E-state index < -0.39 is 22.5 Å². The second-order valence-corrected chi connectivity index (χ2v) is 8.42. The van der Waals surface area contributed by atoms with Gasteiger partial charge in [0.2, 0.25) is 5.88 Å². The Morgan fingerprint density at radius 3 is 2.42 bits per heavy atom. The molecule has 0 radical (unpaired) electrons. The largest absolute Gasteiger partial charge is 0.437 e. The van der Waals surface area contributed by atoms with Crippen LogP contribution >= 0.6 is 0 Å². The quantitative estimate of drug-likeness (QED) is 0.656. The topological polar surface area (TPSA) is 89.0 Å². The number of hydrogen-bond acceptors (Lipinski definition) is 5. The molecule has 154 valence electrons. The van der Waals surface area contributed by atoms with Gasteiger partial charge in [-0.15, -0.1) is 0 Å². The Balaban J connectivity index is 1.99. The van der Waals surface area contributed by atoms with E-state index in [9.17, 15) is 13.9 Å². The van der Waals surface area contributed by atoms with Crippen molar-refractivity contribution in [1.29, 1.82) is 5.26 Å². The van der Waals surface area contributed by atoms with E-state index in [2.05, 4.69) is 11.1 Å². The summed E-state index contributed by atoms with van der Waals surface area (Å²) in [6, 6.07) is 20.3. The Labute approximate surface area is 181 Å². The minimum atomic E-state index is -1.70. The zero-order valence-corrected chi connectivity index (χ0v) is 17.4. The van der Waals surface area contributed by atoms with Gasteiger partial charge >= 0.3 is 0 Å². The van der Waals surface area contributed by atoms with Crippen molar-refractivity contribution < 1.29 is 13.3 Å². The number of ether oxygens (including phenoxy) is 1. The van der Waals surface area contributed by atoms with Crippen LogP contribution in [-0.2, 0) is 15.5 Å². The zero-order valence-electron chi connectivity index (χ0n) is 16.6. The lowest BCUT2D eigenvalue weighted by atomic mass is 9.89. The molecule has 0 aliphatic carbocycles. The van der Waals surface area contributed by atoms with E-state index >= 15 is 0 Å². The van der Waals surface area contributed by atoms with Crippen LogP contribution in [0.2, 0.25) is 0 Å². The standard InChI is InChI=1S/C24H18FN3O2S/c1-15-5-11-18(12-6-15)31(29)23-21(16-7-9-17(25)10-8-16)19(14-26)24(27)30-22(23)20-4-2-3-13-28-20/h2-13,21H,27H2,1H3. The van der Waals surface area contributed by atoms with Gasteiger partial charge in [0.1, 0.15) is 23.2 Å². The van der Waals surface area contributed by atoms with Crippen LogP contribution < -0.4 is 5.73 Å². The molecule has 2 N–H and O–H groups in total. The van der Waals surface area contributed by atoms with Gasteiger partial charge in [0, 0.05) is 11.1 Å². The first-order chi connectivity index (χ1) is 15.0. The summed E-state index contributed by atoms with van der Waals surface area (Å²) in [7, 11) is -1.70. The third kappa shape index (κ3) is 3.98. The molecular weight excluding hydrogens is 413 g/mol. The molecule has 5 nitrogen and oxygen atoms in total. The van der Waals surface area contributed by atoms with Gasteiger partial charge in [0.25, 0.3) is 0 Å². The number of aryl methyl sites for hydroxylation is 1. The Bertz CT molecular complexity index is 1240. The molecule has 0 fully saturated rings. The number of rotatable bonds is 4. The van der Waals surface area contributed by atoms with Crippen molar-refractivity contribution in [3.05, 3.63) is 112 Å². The molecule has 1 aliphatic rings. The van der Waals surface area contributed by atoms with Crippen molar-refractivity contribution in [2.45, 2.75) is 17.7 Å². The molecule has 2 atom stereocenters. The summed E-state index contributed by atoms with van der Waals surface area (Å²) in [6.45, 7) is 1.94. The van der Waals surface area contributed by atoms with Crippen LogP contribution in [0.1, 0.15) is 22.7 Å². The van der Waals surface area contributed by atoms with Crippen molar-refractivity contribution in [2.75, 3.05) is 0 Å². The van der Waals surface area contributed by atoms with Crippen LogP contribution in [0.15, 0.2) is 94.2 Å². The lowest BCUT2D eigenvalue weighted by molar-refractivity contribution is 0.357. The number of benzene rings is 2. The smallest absolute Gasteiger partial charge is 0.205 e. The van der Waals surface area contributed by atoms with Crippen molar-refractivity contribution in [3.8, 4) is 6.07 Å². The molecule has 1 aliphatic heterocycles. The Kier molecular flexibility index (Phi) is 5.65. The van der Waals surface area contributed by atoms with Crippen molar-refractivity contribution in [2.24, 2.45) is 5.73 Å². The van der Waals surface area contributed by atoms with Crippen LogP contribution in [0.5, 0.6) is 0 Å². The van der Waals surface area contributed by atoms with Gasteiger partial charge in [-0.1, -0.05) is 35.9 Å². The van der Waals surface area contributed by atoms with E-state index in [1.165, 1.54) is 12.1 Å². The minimum Gasteiger partial charge on any atom is -0.437 e. The lowest BCUT2D eigenvalue weighted by Crippen LogP contribution is -2.23. The number of halogens is 1. The van der Waals surface area contributed by atoms with Crippen molar-refractivity contribution in [3.63, 3.8) is 0 Å². The van der Waals surface area contributed by atoms with Crippen LogP contribution in [0.3, 0.4) is 0 Å². The van der Waals surface area contributed by atoms with E-state index in [1.807, 2.05) is 19.1 Å². The predicted molar refractivity (Wildman–Crippen MR) is 116 cm³/mol. The number of aromatic nitrogens is 1. The van der Waals surface area contributed by atoms with E-state index in [4.69, 9.17) is 10.5 Å². The highest BCUT2D eigenvalue weighted by molar-refractivity contribution is 7.89. The van der Waals surface area contributed by atoms with E-state index in [1.54, 1.807) is 48.7 Å². The molecule has 31 heavy (non-hydrogen) atoms. The number of hydrogen-bond donors (Lipinski definition) is 1. The molecular formula is C24H18FN3O2S.